The van der Waals surface area contributed by atoms with E-state index in [1.165, 1.54) is 4.90 Å². The maximum atomic E-state index is 12.9. The highest BCUT2D eigenvalue weighted by Crippen LogP contribution is 2.35. The molecule has 24 heavy (non-hydrogen) atoms. The number of rotatable bonds is 5. The number of pyridine rings is 1. The van der Waals surface area contributed by atoms with Crippen molar-refractivity contribution >= 4 is 11.9 Å². The number of hydrogen-bond acceptors (Lipinski definition) is 4. The normalized spacial score (nSPS) is 23.1. The molecule has 1 aromatic rings. The van der Waals surface area contributed by atoms with Crippen molar-refractivity contribution in [1.82, 2.24) is 20.1 Å². The van der Waals surface area contributed by atoms with E-state index in [2.05, 4.69) is 15.2 Å². The SMILES string of the molecule is O=C1NC2(CCCCC2)C(=O)N1CN(Cc1ccncc1)C1CC1. The molecule has 1 N–H and O–H groups in total. The summed E-state index contributed by atoms with van der Waals surface area (Å²) in [7, 11) is 0. The molecule has 0 atom stereocenters. The lowest BCUT2D eigenvalue weighted by molar-refractivity contribution is -0.134. The van der Waals surface area contributed by atoms with Gasteiger partial charge in [-0.15, -0.1) is 0 Å². The summed E-state index contributed by atoms with van der Waals surface area (Å²) in [5.74, 6) is -0.0208. The van der Waals surface area contributed by atoms with E-state index in [0.717, 1.165) is 57.1 Å². The molecule has 1 spiro atoms. The monoisotopic (exact) mass is 328 g/mol. The van der Waals surface area contributed by atoms with Crippen LogP contribution in [-0.2, 0) is 11.3 Å². The minimum atomic E-state index is -0.624. The molecule has 0 unspecified atom stereocenters. The summed E-state index contributed by atoms with van der Waals surface area (Å²) in [6, 6.07) is 4.23. The maximum Gasteiger partial charge on any atom is 0.326 e. The fourth-order valence-corrected chi connectivity index (χ4v) is 3.94. The zero-order valence-electron chi connectivity index (χ0n) is 13.9. The summed E-state index contributed by atoms with van der Waals surface area (Å²) in [6.45, 7) is 1.14. The third-order valence-electron chi connectivity index (χ3n) is 5.47. The van der Waals surface area contributed by atoms with Gasteiger partial charge in [0.05, 0.1) is 6.67 Å². The lowest BCUT2D eigenvalue weighted by atomic mass is 9.82. The van der Waals surface area contributed by atoms with E-state index >= 15 is 0 Å². The molecule has 1 aromatic heterocycles. The number of amides is 3. The average Bonchev–Trinajstić information content (AvgIpc) is 3.41. The molecule has 2 heterocycles. The lowest BCUT2D eigenvalue weighted by Crippen LogP contribution is -2.49. The van der Waals surface area contributed by atoms with Crippen LogP contribution >= 0.6 is 0 Å². The second kappa shape index (κ2) is 6.16. The highest BCUT2D eigenvalue weighted by atomic mass is 16.2. The van der Waals surface area contributed by atoms with Gasteiger partial charge < -0.3 is 5.32 Å². The Labute approximate surface area is 142 Å². The van der Waals surface area contributed by atoms with Gasteiger partial charge in [0.2, 0.25) is 0 Å². The number of urea groups is 1. The quantitative estimate of drug-likeness (QED) is 0.842. The van der Waals surface area contributed by atoms with E-state index in [1.807, 2.05) is 12.1 Å². The molecule has 6 nitrogen and oxygen atoms in total. The van der Waals surface area contributed by atoms with Gasteiger partial charge in [0.25, 0.3) is 5.91 Å². The van der Waals surface area contributed by atoms with Crippen LogP contribution in [0.1, 0.15) is 50.5 Å². The van der Waals surface area contributed by atoms with Crippen molar-refractivity contribution in [2.75, 3.05) is 6.67 Å². The predicted octanol–water partition coefficient (Wildman–Crippen LogP) is 2.26. The van der Waals surface area contributed by atoms with E-state index in [1.54, 1.807) is 12.4 Å². The van der Waals surface area contributed by atoms with Gasteiger partial charge >= 0.3 is 6.03 Å². The molecule has 2 aliphatic carbocycles. The Morgan fingerprint density at radius 1 is 1.17 bits per heavy atom. The number of aromatic nitrogens is 1. The topological polar surface area (TPSA) is 65.5 Å². The summed E-state index contributed by atoms with van der Waals surface area (Å²) in [4.78, 5) is 33.1. The smallest absolute Gasteiger partial charge is 0.323 e. The molecule has 3 amide bonds. The number of imide groups is 1. The summed E-state index contributed by atoms with van der Waals surface area (Å²) in [5.41, 5.74) is 0.539. The molecule has 2 saturated carbocycles. The first-order chi connectivity index (χ1) is 11.7. The van der Waals surface area contributed by atoms with Crippen LogP contribution in [-0.4, -0.2) is 45.0 Å². The molecule has 4 rings (SSSR count). The van der Waals surface area contributed by atoms with Crippen LogP contribution in [0.2, 0.25) is 0 Å². The van der Waals surface area contributed by atoms with Crippen LogP contribution in [0.3, 0.4) is 0 Å². The van der Waals surface area contributed by atoms with E-state index in [-0.39, 0.29) is 11.9 Å². The van der Waals surface area contributed by atoms with Crippen LogP contribution in [0.5, 0.6) is 0 Å². The van der Waals surface area contributed by atoms with Crippen LogP contribution < -0.4 is 5.32 Å². The highest BCUT2D eigenvalue weighted by Gasteiger charge is 2.52. The minimum Gasteiger partial charge on any atom is -0.323 e. The first kappa shape index (κ1) is 15.6. The van der Waals surface area contributed by atoms with Crippen LogP contribution in [0.4, 0.5) is 4.79 Å². The van der Waals surface area contributed by atoms with Crippen molar-refractivity contribution in [3.8, 4) is 0 Å². The lowest BCUT2D eigenvalue weighted by Gasteiger charge is -2.31. The van der Waals surface area contributed by atoms with Gasteiger partial charge in [0, 0.05) is 25.0 Å². The van der Waals surface area contributed by atoms with Crippen molar-refractivity contribution in [2.45, 2.75) is 63.1 Å². The molecule has 0 radical (unpaired) electrons. The fraction of sp³-hybridized carbons (Fsp3) is 0.611. The van der Waals surface area contributed by atoms with E-state index in [9.17, 15) is 9.59 Å². The Morgan fingerprint density at radius 3 is 2.54 bits per heavy atom. The van der Waals surface area contributed by atoms with Crippen LogP contribution in [0.25, 0.3) is 0 Å². The standard InChI is InChI=1S/C18H24N4O2/c23-16-18(8-2-1-3-9-18)20-17(24)22(16)13-21(15-4-5-15)12-14-6-10-19-11-7-14/h6-7,10-11,15H,1-5,8-9,12-13H2,(H,20,24). The van der Waals surface area contributed by atoms with Crippen molar-refractivity contribution in [2.24, 2.45) is 0 Å². The van der Waals surface area contributed by atoms with Crippen molar-refractivity contribution in [1.29, 1.82) is 0 Å². The van der Waals surface area contributed by atoms with Gasteiger partial charge in [-0.1, -0.05) is 19.3 Å². The van der Waals surface area contributed by atoms with Crippen LogP contribution in [0.15, 0.2) is 24.5 Å². The number of hydrogen-bond donors (Lipinski definition) is 1. The Balaban J connectivity index is 1.48. The van der Waals surface area contributed by atoms with Gasteiger partial charge in [-0.2, -0.15) is 0 Å². The maximum absolute atomic E-state index is 12.9. The minimum absolute atomic E-state index is 0.0208. The van der Waals surface area contributed by atoms with Gasteiger partial charge in [-0.05, 0) is 43.4 Å². The number of carbonyl (C=O) groups excluding carboxylic acids is 2. The van der Waals surface area contributed by atoms with Crippen molar-refractivity contribution in [3.63, 3.8) is 0 Å². The van der Waals surface area contributed by atoms with Gasteiger partial charge in [0.15, 0.2) is 0 Å². The predicted molar refractivity (Wildman–Crippen MR) is 88.9 cm³/mol. The van der Waals surface area contributed by atoms with Crippen molar-refractivity contribution < 1.29 is 9.59 Å². The third-order valence-corrected chi connectivity index (χ3v) is 5.47. The Kier molecular flexibility index (Phi) is 4.00. The molecule has 1 aliphatic heterocycles. The Morgan fingerprint density at radius 2 is 1.88 bits per heavy atom. The van der Waals surface area contributed by atoms with E-state index in [0.29, 0.717) is 12.7 Å². The van der Waals surface area contributed by atoms with Gasteiger partial charge in [-0.25, -0.2) is 9.69 Å². The summed E-state index contributed by atoms with van der Waals surface area (Å²) < 4.78 is 0. The molecule has 6 heteroatoms. The Hall–Kier alpha value is -1.95. The largest absolute Gasteiger partial charge is 0.326 e. The molecule has 1 saturated heterocycles. The van der Waals surface area contributed by atoms with Crippen LogP contribution in [0, 0.1) is 0 Å². The molecule has 3 fully saturated rings. The summed E-state index contributed by atoms with van der Waals surface area (Å²) >= 11 is 0. The Bertz CT molecular complexity index is 623. The molecule has 0 aromatic carbocycles. The second-order valence-electron chi connectivity index (χ2n) is 7.28. The molecular formula is C18H24N4O2. The molecule has 3 aliphatic rings. The fourth-order valence-electron chi connectivity index (χ4n) is 3.94. The van der Waals surface area contributed by atoms with Crippen molar-refractivity contribution in [3.05, 3.63) is 30.1 Å². The van der Waals surface area contributed by atoms with E-state index < -0.39 is 5.54 Å². The van der Waals surface area contributed by atoms with Gasteiger partial charge in [-0.3, -0.25) is 14.7 Å². The molecule has 0 bridgehead atoms. The first-order valence-corrected chi connectivity index (χ1v) is 8.95. The van der Waals surface area contributed by atoms with E-state index in [4.69, 9.17) is 0 Å². The zero-order valence-corrected chi connectivity index (χ0v) is 13.9. The number of nitrogens with one attached hydrogen (secondary N) is 1. The van der Waals surface area contributed by atoms with Gasteiger partial charge in [0.1, 0.15) is 5.54 Å². The molecular weight excluding hydrogens is 304 g/mol. The highest BCUT2D eigenvalue weighted by molar-refractivity contribution is 6.07. The molecule has 128 valence electrons. The second-order valence-corrected chi connectivity index (χ2v) is 7.28. The first-order valence-electron chi connectivity index (χ1n) is 8.95. The number of carbonyl (C=O) groups is 2. The summed E-state index contributed by atoms with van der Waals surface area (Å²) in [6.07, 6.45) is 10.6. The number of nitrogens with zero attached hydrogens (tertiary/aromatic N) is 3. The zero-order chi connectivity index (χ0) is 16.6. The summed E-state index contributed by atoms with van der Waals surface area (Å²) in [5, 5.41) is 3.00. The average molecular weight is 328 g/mol. The third kappa shape index (κ3) is 2.90.